The summed E-state index contributed by atoms with van der Waals surface area (Å²) in [4.78, 5) is 0. The highest BCUT2D eigenvalue weighted by Crippen LogP contribution is 2.36. The number of ether oxygens (including phenoxy) is 3. The van der Waals surface area contributed by atoms with Crippen LogP contribution >= 0.6 is 15.9 Å². The van der Waals surface area contributed by atoms with Crippen LogP contribution < -0.4 is 14.8 Å². The lowest BCUT2D eigenvalue weighted by atomic mass is 10.2. The van der Waals surface area contributed by atoms with Gasteiger partial charge in [-0.1, -0.05) is 13.8 Å². The van der Waals surface area contributed by atoms with Gasteiger partial charge in [-0.25, -0.2) is 0 Å². The Kier molecular flexibility index (Phi) is 8.73. The molecule has 0 aliphatic rings. The highest BCUT2D eigenvalue weighted by atomic mass is 79.9. The zero-order valence-corrected chi connectivity index (χ0v) is 15.0. The molecule has 0 fully saturated rings. The number of methoxy groups -OCH3 is 1. The number of hydrogen-bond acceptors (Lipinski definition) is 4. The van der Waals surface area contributed by atoms with Gasteiger partial charge in [-0.2, -0.15) is 0 Å². The Labute approximate surface area is 136 Å². The first-order valence-electron chi connectivity index (χ1n) is 7.36. The monoisotopic (exact) mass is 359 g/mol. The first-order chi connectivity index (χ1) is 10.1. The van der Waals surface area contributed by atoms with Crippen molar-refractivity contribution in [1.29, 1.82) is 0 Å². The summed E-state index contributed by atoms with van der Waals surface area (Å²) >= 11 is 3.53. The Hall–Kier alpha value is -0.780. The summed E-state index contributed by atoms with van der Waals surface area (Å²) in [5.41, 5.74) is 1.14. The number of benzene rings is 1. The van der Waals surface area contributed by atoms with E-state index in [0.717, 1.165) is 47.8 Å². The lowest BCUT2D eigenvalue weighted by molar-refractivity contribution is 0.111. The second-order valence-corrected chi connectivity index (χ2v) is 6.04. The van der Waals surface area contributed by atoms with Crippen LogP contribution in [0.1, 0.15) is 26.3 Å². The van der Waals surface area contributed by atoms with Gasteiger partial charge in [0.25, 0.3) is 0 Å². The van der Waals surface area contributed by atoms with E-state index in [1.54, 1.807) is 7.11 Å². The molecule has 1 aromatic carbocycles. The summed E-state index contributed by atoms with van der Waals surface area (Å²) < 4.78 is 17.4. The Balaban J connectivity index is 2.47. The second kappa shape index (κ2) is 10.0. The molecule has 0 radical (unpaired) electrons. The van der Waals surface area contributed by atoms with Crippen molar-refractivity contribution in [2.24, 2.45) is 5.92 Å². The maximum absolute atomic E-state index is 5.58. The molecule has 4 nitrogen and oxygen atoms in total. The molecule has 0 saturated heterocycles. The van der Waals surface area contributed by atoms with E-state index in [1.165, 1.54) is 0 Å². The molecule has 0 atom stereocenters. The van der Waals surface area contributed by atoms with Crippen LogP contribution in [0.5, 0.6) is 11.5 Å². The minimum absolute atomic E-state index is 0.580. The fourth-order valence-corrected chi connectivity index (χ4v) is 2.46. The van der Waals surface area contributed by atoms with Crippen LogP contribution in [0.3, 0.4) is 0 Å². The van der Waals surface area contributed by atoms with Gasteiger partial charge >= 0.3 is 0 Å². The molecule has 0 bridgehead atoms. The molecular formula is C16H26BrNO3. The fraction of sp³-hybridized carbons (Fsp3) is 0.625. The van der Waals surface area contributed by atoms with Gasteiger partial charge in [-0.15, -0.1) is 0 Å². The number of halogens is 1. The number of nitrogens with one attached hydrogen (secondary N) is 1. The molecule has 0 aliphatic carbocycles. The van der Waals surface area contributed by atoms with Gasteiger partial charge in [0.05, 0.1) is 24.8 Å². The molecule has 5 heteroatoms. The minimum Gasteiger partial charge on any atom is -0.493 e. The summed E-state index contributed by atoms with van der Waals surface area (Å²) in [6, 6.07) is 4.05. The van der Waals surface area contributed by atoms with Crippen LogP contribution in [0.2, 0.25) is 0 Å². The van der Waals surface area contributed by atoms with E-state index in [0.29, 0.717) is 12.5 Å². The van der Waals surface area contributed by atoms with E-state index in [-0.39, 0.29) is 0 Å². The third-order valence-corrected chi connectivity index (χ3v) is 3.37. The first kappa shape index (κ1) is 18.3. The highest BCUT2D eigenvalue weighted by Gasteiger charge is 2.10. The van der Waals surface area contributed by atoms with Gasteiger partial charge in [0.15, 0.2) is 11.5 Å². The molecule has 0 spiro atoms. The molecule has 1 N–H and O–H groups in total. The second-order valence-electron chi connectivity index (χ2n) is 5.19. The highest BCUT2D eigenvalue weighted by molar-refractivity contribution is 9.10. The Bertz CT molecular complexity index is 424. The first-order valence-corrected chi connectivity index (χ1v) is 8.15. The fourth-order valence-electron chi connectivity index (χ4n) is 1.86. The van der Waals surface area contributed by atoms with Crippen LogP contribution in [0, 0.1) is 5.92 Å². The standard InChI is InChI=1S/C16H26BrNO3/c1-5-21-16-14(17)8-13(9-15(16)19-4)10-18-6-7-20-11-12(2)3/h8-9,12,18H,5-7,10-11H2,1-4H3. The van der Waals surface area contributed by atoms with Gasteiger partial charge in [0, 0.05) is 19.7 Å². The van der Waals surface area contributed by atoms with Gasteiger partial charge in [-0.3, -0.25) is 0 Å². The summed E-state index contributed by atoms with van der Waals surface area (Å²) in [5.74, 6) is 2.08. The van der Waals surface area contributed by atoms with Crippen molar-refractivity contribution in [2.45, 2.75) is 27.3 Å². The molecule has 1 rings (SSSR count). The molecule has 0 amide bonds. The summed E-state index contributed by atoms with van der Waals surface area (Å²) in [5, 5.41) is 3.36. The van der Waals surface area contributed by atoms with Gasteiger partial charge < -0.3 is 19.5 Å². The predicted octanol–water partition coefficient (Wildman–Crippen LogP) is 3.62. The largest absolute Gasteiger partial charge is 0.493 e. The third kappa shape index (κ3) is 6.68. The topological polar surface area (TPSA) is 39.7 Å². The van der Waals surface area contributed by atoms with Crippen LogP contribution in [-0.2, 0) is 11.3 Å². The quantitative estimate of drug-likeness (QED) is 0.647. The molecule has 120 valence electrons. The van der Waals surface area contributed by atoms with Crippen molar-refractivity contribution in [1.82, 2.24) is 5.32 Å². The molecule has 0 unspecified atom stereocenters. The van der Waals surface area contributed by atoms with Crippen LogP contribution in [0.25, 0.3) is 0 Å². The average molecular weight is 360 g/mol. The third-order valence-electron chi connectivity index (χ3n) is 2.78. The summed E-state index contributed by atoms with van der Waals surface area (Å²) in [6.45, 7) is 10.0. The average Bonchev–Trinajstić information content (AvgIpc) is 2.44. The smallest absolute Gasteiger partial charge is 0.175 e. The molecule has 0 heterocycles. The molecule has 1 aromatic rings. The molecule has 0 saturated carbocycles. The number of hydrogen-bond donors (Lipinski definition) is 1. The van der Waals surface area contributed by atoms with Crippen molar-refractivity contribution >= 4 is 15.9 Å². The van der Waals surface area contributed by atoms with Gasteiger partial charge in [0.1, 0.15) is 0 Å². The minimum atomic E-state index is 0.580. The zero-order chi connectivity index (χ0) is 15.7. The predicted molar refractivity (Wildman–Crippen MR) is 89.2 cm³/mol. The van der Waals surface area contributed by atoms with Crippen molar-refractivity contribution in [3.05, 3.63) is 22.2 Å². The Morgan fingerprint density at radius 1 is 1.29 bits per heavy atom. The lowest BCUT2D eigenvalue weighted by Gasteiger charge is -2.14. The van der Waals surface area contributed by atoms with Crippen LogP contribution in [-0.4, -0.2) is 33.5 Å². The zero-order valence-electron chi connectivity index (χ0n) is 13.4. The molecule has 0 aliphatic heterocycles. The summed E-state index contributed by atoms with van der Waals surface area (Å²) in [6.07, 6.45) is 0. The van der Waals surface area contributed by atoms with E-state index < -0.39 is 0 Å². The Morgan fingerprint density at radius 2 is 2.05 bits per heavy atom. The van der Waals surface area contributed by atoms with Gasteiger partial charge in [0.2, 0.25) is 0 Å². The van der Waals surface area contributed by atoms with E-state index in [1.807, 2.05) is 13.0 Å². The van der Waals surface area contributed by atoms with Gasteiger partial charge in [-0.05, 0) is 46.5 Å². The van der Waals surface area contributed by atoms with E-state index >= 15 is 0 Å². The maximum Gasteiger partial charge on any atom is 0.175 e. The van der Waals surface area contributed by atoms with Crippen molar-refractivity contribution in [3.8, 4) is 11.5 Å². The Morgan fingerprint density at radius 3 is 2.67 bits per heavy atom. The molecule has 0 aromatic heterocycles. The van der Waals surface area contributed by atoms with E-state index in [2.05, 4.69) is 41.2 Å². The van der Waals surface area contributed by atoms with Crippen LogP contribution in [0.15, 0.2) is 16.6 Å². The van der Waals surface area contributed by atoms with Crippen molar-refractivity contribution in [2.75, 3.05) is 33.5 Å². The van der Waals surface area contributed by atoms with Crippen molar-refractivity contribution < 1.29 is 14.2 Å². The van der Waals surface area contributed by atoms with Crippen molar-refractivity contribution in [3.63, 3.8) is 0 Å². The SMILES string of the molecule is CCOc1c(Br)cc(CNCCOCC(C)C)cc1OC. The molecular weight excluding hydrogens is 334 g/mol. The van der Waals surface area contributed by atoms with Crippen LogP contribution in [0.4, 0.5) is 0 Å². The van der Waals surface area contributed by atoms with E-state index in [9.17, 15) is 0 Å². The maximum atomic E-state index is 5.58. The molecule has 21 heavy (non-hydrogen) atoms. The lowest BCUT2D eigenvalue weighted by Crippen LogP contribution is -2.20. The normalized spacial score (nSPS) is 11.0. The number of rotatable bonds is 10. The summed E-state index contributed by atoms with van der Waals surface area (Å²) in [7, 11) is 1.65. The van der Waals surface area contributed by atoms with E-state index in [4.69, 9.17) is 14.2 Å².